The second kappa shape index (κ2) is 7.57. The summed E-state index contributed by atoms with van der Waals surface area (Å²) in [7, 11) is 0. The maximum Gasteiger partial charge on any atom is 0.262 e. The van der Waals surface area contributed by atoms with Gasteiger partial charge in [-0.2, -0.15) is 0 Å². The zero-order chi connectivity index (χ0) is 18.7. The Morgan fingerprint density at radius 2 is 2.04 bits per heavy atom. The first kappa shape index (κ1) is 17.9. The molecule has 7 nitrogen and oxygen atoms in total. The molecule has 0 unspecified atom stereocenters. The van der Waals surface area contributed by atoms with E-state index in [4.69, 9.17) is 4.74 Å². The van der Waals surface area contributed by atoms with Crippen LogP contribution in [0.4, 0.5) is 11.4 Å². The van der Waals surface area contributed by atoms with Crippen LogP contribution in [-0.2, 0) is 9.59 Å². The number of halogens is 1. The first-order valence-corrected chi connectivity index (χ1v) is 8.62. The van der Waals surface area contributed by atoms with Gasteiger partial charge in [0.25, 0.3) is 11.8 Å². The fourth-order valence-corrected chi connectivity index (χ4v) is 2.65. The largest absolute Gasteiger partial charge is 0.482 e. The Hall–Kier alpha value is -2.87. The van der Waals surface area contributed by atoms with E-state index in [-0.39, 0.29) is 25.0 Å². The Morgan fingerprint density at radius 3 is 2.81 bits per heavy atom. The van der Waals surface area contributed by atoms with Crippen molar-refractivity contribution >= 4 is 45.0 Å². The average molecular weight is 418 g/mol. The van der Waals surface area contributed by atoms with E-state index in [1.165, 1.54) is 6.07 Å². The highest BCUT2D eigenvalue weighted by Gasteiger charge is 2.18. The van der Waals surface area contributed by atoms with Crippen molar-refractivity contribution in [2.75, 3.05) is 23.8 Å². The van der Waals surface area contributed by atoms with Gasteiger partial charge in [0.05, 0.1) is 12.2 Å². The van der Waals surface area contributed by atoms with Crippen LogP contribution in [0.5, 0.6) is 5.75 Å². The molecule has 0 saturated carbocycles. The van der Waals surface area contributed by atoms with Crippen LogP contribution in [0.1, 0.15) is 15.9 Å². The Morgan fingerprint density at radius 1 is 1.23 bits per heavy atom. The van der Waals surface area contributed by atoms with Crippen molar-refractivity contribution in [2.45, 2.75) is 6.92 Å². The lowest BCUT2D eigenvalue weighted by molar-refractivity contribution is -0.118. The van der Waals surface area contributed by atoms with Gasteiger partial charge in [-0.25, -0.2) is 0 Å². The maximum absolute atomic E-state index is 12.2. The minimum Gasteiger partial charge on any atom is -0.482 e. The van der Waals surface area contributed by atoms with Gasteiger partial charge in [0.15, 0.2) is 6.61 Å². The van der Waals surface area contributed by atoms with E-state index < -0.39 is 5.91 Å². The van der Waals surface area contributed by atoms with Crippen molar-refractivity contribution < 1.29 is 19.1 Å². The van der Waals surface area contributed by atoms with Gasteiger partial charge in [0.1, 0.15) is 5.75 Å². The summed E-state index contributed by atoms with van der Waals surface area (Å²) in [4.78, 5) is 35.5. The van der Waals surface area contributed by atoms with E-state index in [0.29, 0.717) is 22.7 Å². The number of anilines is 2. The van der Waals surface area contributed by atoms with Crippen molar-refractivity contribution in [2.24, 2.45) is 0 Å². The lowest BCUT2D eigenvalue weighted by Gasteiger charge is -2.18. The molecular formula is C18H16BrN3O4. The normalized spacial score (nSPS) is 12.5. The number of fused-ring (bicyclic) bond motifs is 1. The van der Waals surface area contributed by atoms with Gasteiger partial charge in [0.2, 0.25) is 5.91 Å². The van der Waals surface area contributed by atoms with Crippen molar-refractivity contribution in [3.8, 4) is 5.75 Å². The monoisotopic (exact) mass is 417 g/mol. The molecule has 2 aromatic rings. The highest BCUT2D eigenvalue weighted by molar-refractivity contribution is 9.10. The van der Waals surface area contributed by atoms with Crippen LogP contribution in [0.3, 0.4) is 0 Å². The lowest BCUT2D eigenvalue weighted by atomic mass is 10.1. The molecule has 26 heavy (non-hydrogen) atoms. The second-order valence-corrected chi connectivity index (χ2v) is 6.60. The molecule has 0 fully saturated rings. The third kappa shape index (κ3) is 4.20. The van der Waals surface area contributed by atoms with E-state index in [1.807, 2.05) is 19.1 Å². The third-order valence-electron chi connectivity index (χ3n) is 3.73. The van der Waals surface area contributed by atoms with Crippen LogP contribution in [0.15, 0.2) is 40.9 Å². The van der Waals surface area contributed by atoms with Crippen LogP contribution < -0.4 is 20.7 Å². The molecule has 3 amide bonds. The molecule has 0 saturated heterocycles. The molecule has 0 bridgehead atoms. The molecule has 1 aliphatic heterocycles. The molecule has 8 heteroatoms. The van der Waals surface area contributed by atoms with Crippen LogP contribution in [0.25, 0.3) is 0 Å². The molecule has 3 N–H and O–H groups in total. The maximum atomic E-state index is 12.2. The molecule has 1 heterocycles. The number of ether oxygens (including phenoxy) is 1. The summed E-state index contributed by atoms with van der Waals surface area (Å²) < 4.78 is 6.23. The van der Waals surface area contributed by atoms with Crippen molar-refractivity contribution in [3.63, 3.8) is 0 Å². The number of nitrogens with one attached hydrogen (secondary N) is 3. The lowest BCUT2D eigenvalue weighted by Crippen LogP contribution is -2.33. The second-order valence-electron chi connectivity index (χ2n) is 5.74. The number of carbonyl (C=O) groups is 3. The summed E-state index contributed by atoms with van der Waals surface area (Å²) in [6.07, 6.45) is 0. The quantitative estimate of drug-likeness (QED) is 0.711. The smallest absolute Gasteiger partial charge is 0.262 e. The number of amides is 3. The Bertz CT molecular complexity index is 898. The van der Waals surface area contributed by atoms with E-state index in [1.54, 1.807) is 18.2 Å². The van der Waals surface area contributed by atoms with Crippen LogP contribution >= 0.6 is 15.9 Å². The van der Waals surface area contributed by atoms with E-state index in [2.05, 4.69) is 31.9 Å². The third-order valence-corrected chi connectivity index (χ3v) is 4.62. The van der Waals surface area contributed by atoms with Gasteiger partial charge in [-0.1, -0.05) is 15.9 Å². The summed E-state index contributed by atoms with van der Waals surface area (Å²) in [5.74, 6) is -0.557. The number of rotatable bonds is 4. The summed E-state index contributed by atoms with van der Waals surface area (Å²) in [5, 5.41) is 7.93. The fraction of sp³-hybridized carbons (Fsp3) is 0.167. The van der Waals surface area contributed by atoms with Crippen LogP contribution in [0.2, 0.25) is 0 Å². The molecule has 134 valence electrons. The molecular weight excluding hydrogens is 402 g/mol. The highest BCUT2D eigenvalue weighted by atomic mass is 79.9. The Kier molecular flexibility index (Phi) is 5.22. The van der Waals surface area contributed by atoms with Gasteiger partial charge in [-0.3, -0.25) is 14.4 Å². The minimum absolute atomic E-state index is 0.0902. The number of hydrogen-bond acceptors (Lipinski definition) is 4. The van der Waals surface area contributed by atoms with Gasteiger partial charge in [-0.05, 0) is 48.9 Å². The molecule has 2 aromatic carbocycles. The van der Waals surface area contributed by atoms with Crippen molar-refractivity contribution in [3.05, 3.63) is 52.0 Å². The summed E-state index contributed by atoms with van der Waals surface area (Å²) in [5.41, 5.74) is 2.50. The summed E-state index contributed by atoms with van der Waals surface area (Å²) in [6.45, 7) is 1.66. The minimum atomic E-state index is -0.407. The molecule has 1 aliphatic rings. The fourth-order valence-electron chi connectivity index (χ4n) is 2.41. The standard InChI is InChI=1S/C18H16BrN3O4/c1-10-6-12(3-4-13(10)19)21-16(23)8-20-18(25)11-2-5-14-15(7-11)26-9-17(24)22-14/h2-7H,8-9H2,1H3,(H,20,25)(H,21,23)(H,22,24). The van der Waals surface area contributed by atoms with Crippen LogP contribution in [0, 0.1) is 6.92 Å². The van der Waals surface area contributed by atoms with Crippen molar-refractivity contribution in [1.29, 1.82) is 0 Å². The van der Waals surface area contributed by atoms with Gasteiger partial charge in [0, 0.05) is 15.7 Å². The zero-order valence-electron chi connectivity index (χ0n) is 13.9. The number of aryl methyl sites for hydroxylation is 1. The van der Waals surface area contributed by atoms with E-state index >= 15 is 0 Å². The van der Waals surface area contributed by atoms with Crippen LogP contribution in [-0.4, -0.2) is 30.9 Å². The average Bonchev–Trinajstić information content (AvgIpc) is 2.62. The number of benzene rings is 2. The highest BCUT2D eigenvalue weighted by Crippen LogP contribution is 2.28. The van der Waals surface area contributed by atoms with Gasteiger partial charge < -0.3 is 20.7 Å². The predicted molar refractivity (Wildman–Crippen MR) is 100 cm³/mol. The molecule has 0 aromatic heterocycles. The van der Waals surface area contributed by atoms with Crippen molar-refractivity contribution in [1.82, 2.24) is 5.32 Å². The summed E-state index contributed by atoms with van der Waals surface area (Å²) in [6, 6.07) is 10.1. The number of carbonyl (C=O) groups excluding carboxylic acids is 3. The molecule has 0 radical (unpaired) electrons. The van der Waals surface area contributed by atoms with E-state index in [0.717, 1.165) is 10.0 Å². The first-order chi connectivity index (χ1) is 12.4. The van der Waals surface area contributed by atoms with Gasteiger partial charge in [-0.15, -0.1) is 0 Å². The Balaban J connectivity index is 1.57. The molecule has 0 spiro atoms. The van der Waals surface area contributed by atoms with Gasteiger partial charge >= 0.3 is 0 Å². The Labute approximate surface area is 158 Å². The zero-order valence-corrected chi connectivity index (χ0v) is 15.5. The SMILES string of the molecule is Cc1cc(NC(=O)CNC(=O)c2ccc3c(c2)OCC(=O)N3)ccc1Br. The molecule has 3 rings (SSSR count). The van der Waals surface area contributed by atoms with E-state index in [9.17, 15) is 14.4 Å². The topological polar surface area (TPSA) is 96.5 Å². The molecule has 0 atom stereocenters. The first-order valence-electron chi connectivity index (χ1n) is 7.83. The molecule has 0 aliphatic carbocycles. The predicted octanol–water partition coefficient (Wildman–Crippen LogP) is 2.46. The number of hydrogen-bond donors (Lipinski definition) is 3. The summed E-state index contributed by atoms with van der Waals surface area (Å²) >= 11 is 3.40.